The van der Waals surface area contributed by atoms with Crippen LogP contribution in [0, 0.1) is 13.8 Å². The van der Waals surface area contributed by atoms with Crippen LogP contribution in [0.3, 0.4) is 0 Å². The molecule has 0 aliphatic carbocycles. The third-order valence-corrected chi connectivity index (χ3v) is 5.69. The van der Waals surface area contributed by atoms with E-state index in [1.807, 2.05) is 42.5 Å². The van der Waals surface area contributed by atoms with Gasteiger partial charge in [0.25, 0.3) is 5.91 Å². The third-order valence-electron chi connectivity index (χ3n) is 5.20. The molecule has 0 spiro atoms. The zero-order valence-corrected chi connectivity index (χ0v) is 19.1. The number of fused-ring (bicyclic) bond motifs is 1. The molecule has 1 heterocycles. The molecule has 0 radical (unpaired) electrons. The average Bonchev–Trinajstić information content (AvgIpc) is 3.11. The number of nitrogens with zero attached hydrogens (tertiary/aromatic N) is 2. The van der Waals surface area contributed by atoms with Gasteiger partial charge >= 0.3 is 0 Å². The van der Waals surface area contributed by atoms with Crippen molar-refractivity contribution in [2.24, 2.45) is 0 Å². The molecule has 0 saturated carbocycles. The molecule has 3 aromatic carbocycles. The molecule has 0 unspecified atom stereocenters. The number of aromatic nitrogens is 2. The Labute approximate surface area is 190 Å². The molecule has 6 heteroatoms. The second kappa shape index (κ2) is 9.35. The number of hydrogen-bond donors (Lipinski definition) is 1. The number of aryl methyl sites for hydroxylation is 2. The topological polar surface area (TPSA) is 56.1 Å². The van der Waals surface area contributed by atoms with Crippen molar-refractivity contribution in [1.29, 1.82) is 0 Å². The maximum atomic E-state index is 12.6. The second-order valence-corrected chi connectivity index (χ2v) is 8.35. The number of imidazole rings is 1. The summed E-state index contributed by atoms with van der Waals surface area (Å²) in [5, 5.41) is 2.99. The molecule has 4 aromatic rings. The molecule has 0 saturated heterocycles. The summed E-state index contributed by atoms with van der Waals surface area (Å²) in [5.41, 5.74) is 4.78. The lowest BCUT2D eigenvalue weighted by molar-refractivity contribution is 0.0949. The zero-order valence-electron chi connectivity index (χ0n) is 17.6. The SMILES string of the molecule is Cc1cccc(C)c1OCCn1c(CNC(=O)c2cccc(Br)c2)nc2ccccc21. The van der Waals surface area contributed by atoms with Gasteiger partial charge in [-0.15, -0.1) is 0 Å². The van der Waals surface area contributed by atoms with Gasteiger partial charge in [0.05, 0.1) is 24.1 Å². The molecule has 1 N–H and O–H groups in total. The van der Waals surface area contributed by atoms with Crippen molar-refractivity contribution in [2.75, 3.05) is 6.61 Å². The molecule has 0 aliphatic heterocycles. The highest BCUT2D eigenvalue weighted by atomic mass is 79.9. The fourth-order valence-corrected chi connectivity index (χ4v) is 4.07. The van der Waals surface area contributed by atoms with Gasteiger partial charge in [0, 0.05) is 10.0 Å². The predicted octanol–water partition coefficient (Wildman–Crippen LogP) is 5.42. The van der Waals surface area contributed by atoms with Crippen LogP contribution in [0.5, 0.6) is 5.75 Å². The fourth-order valence-electron chi connectivity index (χ4n) is 3.67. The number of ether oxygens (including phenoxy) is 1. The molecule has 1 amide bonds. The van der Waals surface area contributed by atoms with E-state index in [0.29, 0.717) is 25.3 Å². The Morgan fingerprint density at radius 3 is 2.55 bits per heavy atom. The monoisotopic (exact) mass is 477 g/mol. The summed E-state index contributed by atoms with van der Waals surface area (Å²) < 4.78 is 9.10. The smallest absolute Gasteiger partial charge is 0.251 e. The fraction of sp³-hybridized carbons (Fsp3) is 0.200. The highest BCUT2D eigenvalue weighted by Crippen LogP contribution is 2.23. The van der Waals surface area contributed by atoms with E-state index in [1.165, 1.54) is 0 Å². The minimum absolute atomic E-state index is 0.133. The minimum atomic E-state index is -0.133. The lowest BCUT2D eigenvalue weighted by Crippen LogP contribution is -2.25. The van der Waals surface area contributed by atoms with Crippen LogP contribution in [-0.2, 0) is 13.1 Å². The summed E-state index contributed by atoms with van der Waals surface area (Å²) in [7, 11) is 0. The maximum absolute atomic E-state index is 12.6. The van der Waals surface area contributed by atoms with Crippen molar-refractivity contribution in [3.8, 4) is 5.75 Å². The van der Waals surface area contributed by atoms with E-state index in [-0.39, 0.29) is 5.91 Å². The second-order valence-electron chi connectivity index (χ2n) is 7.43. The van der Waals surface area contributed by atoms with Gasteiger partial charge < -0.3 is 14.6 Å². The van der Waals surface area contributed by atoms with Crippen LogP contribution in [0.25, 0.3) is 11.0 Å². The highest BCUT2D eigenvalue weighted by Gasteiger charge is 2.13. The van der Waals surface area contributed by atoms with Crippen molar-refractivity contribution in [1.82, 2.24) is 14.9 Å². The largest absolute Gasteiger partial charge is 0.491 e. The van der Waals surface area contributed by atoms with Gasteiger partial charge in [0.15, 0.2) is 0 Å². The van der Waals surface area contributed by atoms with Crippen molar-refractivity contribution >= 4 is 32.9 Å². The Bertz CT molecular complexity index is 1210. The lowest BCUT2D eigenvalue weighted by Gasteiger charge is -2.14. The molecule has 1 aromatic heterocycles. The zero-order chi connectivity index (χ0) is 21.8. The quantitative estimate of drug-likeness (QED) is 0.386. The lowest BCUT2D eigenvalue weighted by atomic mass is 10.1. The number of carbonyl (C=O) groups is 1. The standard InChI is InChI=1S/C25H24BrN3O2/c1-17-7-5-8-18(2)24(17)31-14-13-29-22-12-4-3-11-21(22)28-23(29)16-27-25(30)19-9-6-10-20(26)15-19/h3-12,15H,13-14,16H2,1-2H3,(H,27,30). The number of carbonyl (C=O) groups excluding carboxylic acids is 1. The van der Waals surface area contributed by atoms with E-state index in [2.05, 4.69) is 51.8 Å². The molecule has 31 heavy (non-hydrogen) atoms. The normalized spacial score (nSPS) is 10.9. The first kappa shape index (κ1) is 21.1. The van der Waals surface area contributed by atoms with Crippen LogP contribution in [-0.4, -0.2) is 22.1 Å². The number of nitrogens with one attached hydrogen (secondary N) is 1. The number of benzene rings is 3. The Kier molecular flexibility index (Phi) is 6.37. The highest BCUT2D eigenvalue weighted by molar-refractivity contribution is 9.10. The van der Waals surface area contributed by atoms with Crippen LogP contribution < -0.4 is 10.1 Å². The van der Waals surface area contributed by atoms with E-state index < -0.39 is 0 Å². The van der Waals surface area contributed by atoms with Crippen LogP contribution >= 0.6 is 15.9 Å². The first-order valence-electron chi connectivity index (χ1n) is 10.2. The number of para-hydroxylation sites is 3. The van der Waals surface area contributed by atoms with Crippen molar-refractivity contribution in [3.63, 3.8) is 0 Å². The number of rotatable bonds is 7. The summed E-state index contributed by atoms with van der Waals surface area (Å²) in [5.74, 6) is 1.60. The van der Waals surface area contributed by atoms with Gasteiger partial charge in [-0.25, -0.2) is 4.98 Å². The average molecular weight is 478 g/mol. The number of halogens is 1. The molecule has 0 fully saturated rings. The molecule has 0 bridgehead atoms. The van der Waals surface area contributed by atoms with Crippen LogP contribution in [0.15, 0.2) is 71.2 Å². The van der Waals surface area contributed by atoms with Crippen molar-refractivity contribution < 1.29 is 9.53 Å². The van der Waals surface area contributed by atoms with Gasteiger partial charge in [-0.1, -0.05) is 52.3 Å². The van der Waals surface area contributed by atoms with Crippen LogP contribution in [0.4, 0.5) is 0 Å². The molecular formula is C25H24BrN3O2. The van der Waals surface area contributed by atoms with Gasteiger partial charge in [0.2, 0.25) is 0 Å². The maximum Gasteiger partial charge on any atom is 0.251 e. The molecule has 0 aliphatic rings. The Balaban J connectivity index is 1.51. The molecule has 4 rings (SSSR count). The minimum Gasteiger partial charge on any atom is -0.491 e. The molecule has 5 nitrogen and oxygen atoms in total. The summed E-state index contributed by atoms with van der Waals surface area (Å²) in [6.07, 6.45) is 0. The molecule has 158 valence electrons. The summed E-state index contributed by atoms with van der Waals surface area (Å²) in [6.45, 7) is 5.59. The molecule has 0 atom stereocenters. The van der Waals surface area contributed by atoms with Gasteiger partial charge in [-0.2, -0.15) is 0 Å². The van der Waals surface area contributed by atoms with E-state index in [0.717, 1.165) is 38.2 Å². The summed E-state index contributed by atoms with van der Waals surface area (Å²) >= 11 is 3.41. The Morgan fingerprint density at radius 2 is 1.77 bits per heavy atom. The van der Waals surface area contributed by atoms with Crippen LogP contribution in [0.1, 0.15) is 27.3 Å². The van der Waals surface area contributed by atoms with E-state index in [1.54, 1.807) is 12.1 Å². The van der Waals surface area contributed by atoms with E-state index in [4.69, 9.17) is 9.72 Å². The van der Waals surface area contributed by atoms with Gasteiger partial charge in [-0.05, 0) is 55.3 Å². The Hall–Kier alpha value is -3.12. The van der Waals surface area contributed by atoms with Crippen LogP contribution in [0.2, 0.25) is 0 Å². The summed E-state index contributed by atoms with van der Waals surface area (Å²) in [6, 6.07) is 21.5. The van der Waals surface area contributed by atoms with Crippen molar-refractivity contribution in [2.45, 2.75) is 26.9 Å². The summed E-state index contributed by atoms with van der Waals surface area (Å²) in [4.78, 5) is 17.3. The van der Waals surface area contributed by atoms with Crippen molar-refractivity contribution in [3.05, 3.63) is 93.7 Å². The third kappa shape index (κ3) is 4.80. The van der Waals surface area contributed by atoms with E-state index >= 15 is 0 Å². The first-order chi connectivity index (χ1) is 15.0. The number of hydrogen-bond acceptors (Lipinski definition) is 3. The Morgan fingerprint density at radius 1 is 1.03 bits per heavy atom. The van der Waals surface area contributed by atoms with Gasteiger partial charge in [0.1, 0.15) is 18.2 Å². The predicted molar refractivity (Wildman–Crippen MR) is 126 cm³/mol. The number of amides is 1. The molecular weight excluding hydrogens is 454 g/mol. The van der Waals surface area contributed by atoms with E-state index in [9.17, 15) is 4.79 Å². The first-order valence-corrected chi connectivity index (χ1v) is 11.0. The van der Waals surface area contributed by atoms with Gasteiger partial charge in [-0.3, -0.25) is 4.79 Å².